The second kappa shape index (κ2) is 7.10. The van der Waals surface area contributed by atoms with Gasteiger partial charge < -0.3 is 5.32 Å². The Morgan fingerprint density at radius 3 is 2.47 bits per heavy atom. The lowest BCUT2D eigenvalue weighted by Gasteiger charge is -2.12. The van der Waals surface area contributed by atoms with Gasteiger partial charge in [-0.05, 0) is 31.2 Å². The molecule has 93 valence electrons. The van der Waals surface area contributed by atoms with Crippen LogP contribution in [-0.4, -0.2) is 12.5 Å². The first-order valence-corrected chi connectivity index (χ1v) is 6.24. The second-order valence-electron chi connectivity index (χ2n) is 4.88. The molecule has 0 aliphatic rings. The molecule has 0 bridgehead atoms. The summed E-state index contributed by atoms with van der Waals surface area (Å²) in [7, 11) is 0. The van der Waals surface area contributed by atoms with Crippen molar-refractivity contribution in [3.63, 3.8) is 0 Å². The van der Waals surface area contributed by atoms with Crippen LogP contribution in [0.4, 0.5) is 0 Å². The summed E-state index contributed by atoms with van der Waals surface area (Å²) in [6.45, 7) is 6.99. The van der Waals surface area contributed by atoms with Crippen molar-refractivity contribution in [2.24, 2.45) is 5.92 Å². The highest BCUT2D eigenvalue weighted by Gasteiger charge is 2.13. The molecule has 17 heavy (non-hydrogen) atoms. The normalized spacial score (nSPS) is 10.9. The maximum Gasteiger partial charge on any atom is 0.227 e. The van der Waals surface area contributed by atoms with Gasteiger partial charge in [0.1, 0.15) is 0 Å². The van der Waals surface area contributed by atoms with Crippen molar-refractivity contribution in [3.05, 3.63) is 41.8 Å². The van der Waals surface area contributed by atoms with E-state index in [0.29, 0.717) is 5.92 Å². The maximum absolute atomic E-state index is 11.8. The van der Waals surface area contributed by atoms with Crippen molar-refractivity contribution in [2.75, 3.05) is 6.54 Å². The molecule has 0 saturated heterocycles. The minimum Gasteiger partial charge on any atom is -0.356 e. The average molecular weight is 232 g/mol. The number of carbonyl (C=O) groups is 1. The second-order valence-corrected chi connectivity index (χ2v) is 4.88. The predicted octanol–water partition coefficient (Wildman–Crippen LogP) is 2.99. The highest BCUT2D eigenvalue weighted by molar-refractivity contribution is 5.89. The summed E-state index contributed by atoms with van der Waals surface area (Å²) in [4.78, 5) is 11.8. The largest absolute Gasteiger partial charge is 0.356 e. The first-order valence-electron chi connectivity index (χ1n) is 6.24. The van der Waals surface area contributed by atoms with E-state index in [9.17, 15) is 4.79 Å². The maximum atomic E-state index is 11.8. The van der Waals surface area contributed by atoms with Crippen LogP contribution < -0.4 is 5.32 Å². The number of hydrogen-bond acceptors (Lipinski definition) is 1. The molecule has 1 N–H and O–H groups in total. The Morgan fingerprint density at radius 1 is 1.24 bits per heavy atom. The van der Waals surface area contributed by atoms with Crippen LogP contribution in [0, 0.1) is 11.8 Å². The number of hydrogen-bond donors (Lipinski definition) is 1. The fourth-order valence-electron chi connectivity index (χ4n) is 1.61. The zero-order valence-electron chi connectivity index (χ0n) is 11.0. The van der Waals surface area contributed by atoms with E-state index in [1.54, 1.807) is 0 Å². The number of rotatable bonds is 6. The molecule has 0 fully saturated rings. The van der Waals surface area contributed by atoms with Crippen LogP contribution >= 0.6 is 0 Å². The van der Waals surface area contributed by atoms with Crippen LogP contribution in [-0.2, 0) is 11.2 Å². The third kappa shape index (κ3) is 5.53. The van der Waals surface area contributed by atoms with Crippen molar-refractivity contribution in [2.45, 2.75) is 33.6 Å². The summed E-state index contributed by atoms with van der Waals surface area (Å²) in [6.07, 6.45) is 1.76. The number of amides is 1. The zero-order valence-corrected chi connectivity index (χ0v) is 11.0. The highest BCUT2D eigenvalue weighted by atomic mass is 16.1. The van der Waals surface area contributed by atoms with E-state index in [2.05, 4.69) is 19.2 Å². The molecular weight excluding hydrogens is 210 g/mol. The summed E-state index contributed by atoms with van der Waals surface area (Å²) in [5.74, 6) is 1.58. The lowest BCUT2D eigenvalue weighted by Crippen LogP contribution is -2.30. The van der Waals surface area contributed by atoms with E-state index in [1.807, 2.05) is 37.3 Å². The average Bonchev–Trinajstić information content (AvgIpc) is 2.29. The van der Waals surface area contributed by atoms with Gasteiger partial charge in [0.2, 0.25) is 5.91 Å². The summed E-state index contributed by atoms with van der Waals surface area (Å²) < 4.78 is 0. The van der Waals surface area contributed by atoms with Crippen molar-refractivity contribution in [1.82, 2.24) is 5.32 Å². The van der Waals surface area contributed by atoms with E-state index in [0.717, 1.165) is 25.3 Å². The molecule has 1 radical (unpaired) electrons. The van der Waals surface area contributed by atoms with Crippen LogP contribution in [0.1, 0.15) is 32.8 Å². The van der Waals surface area contributed by atoms with Crippen LogP contribution in [0.15, 0.2) is 30.3 Å². The molecule has 0 saturated carbocycles. The summed E-state index contributed by atoms with van der Waals surface area (Å²) in [5.41, 5.74) is 1.18. The van der Waals surface area contributed by atoms with E-state index >= 15 is 0 Å². The molecular formula is C15H22NO. The third-order valence-electron chi connectivity index (χ3n) is 2.71. The Hall–Kier alpha value is -1.31. The van der Waals surface area contributed by atoms with Crippen LogP contribution in [0.5, 0.6) is 0 Å². The Bertz CT molecular complexity index is 332. The van der Waals surface area contributed by atoms with Gasteiger partial charge in [0.05, 0.1) is 5.92 Å². The van der Waals surface area contributed by atoms with Crippen LogP contribution in [0.2, 0.25) is 0 Å². The summed E-state index contributed by atoms with van der Waals surface area (Å²) in [6, 6.07) is 10.1. The van der Waals surface area contributed by atoms with Crippen molar-refractivity contribution in [3.8, 4) is 0 Å². The van der Waals surface area contributed by atoms with Gasteiger partial charge in [0.15, 0.2) is 0 Å². The monoisotopic (exact) mass is 232 g/mol. The molecule has 1 aromatic carbocycles. The molecule has 0 aromatic heterocycles. The van der Waals surface area contributed by atoms with E-state index in [1.165, 1.54) is 5.56 Å². The lowest BCUT2D eigenvalue weighted by atomic mass is 10.0. The van der Waals surface area contributed by atoms with Gasteiger partial charge in [0.25, 0.3) is 0 Å². The van der Waals surface area contributed by atoms with Crippen molar-refractivity contribution >= 4 is 5.91 Å². The van der Waals surface area contributed by atoms with Gasteiger partial charge in [0, 0.05) is 6.54 Å². The van der Waals surface area contributed by atoms with Crippen molar-refractivity contribution in [1.29, 1.82) is 0 Å². The standard InChI is InChI=1S/C15H22NO/c1-12(2)9-10-16-15(17)13(3)11-14-7-5-4-6-8-14/h4-8,12H,9-11H2,1-3H3,(H,16,17). The first kappa shape index (κ1) is 13.8. The Labute approximate surface area is 104 Å². The minimum atomic E-state index is 0.0782. The summed E-state index contributed by atoms with van der Waals surface area (Å²) >= 11 is 0. The molecule has 0 spiro atoms. The van der Waals surface area contributed by atoms with Gasteiger partial charge in [-0.3, -0.25) is 4.79 Å². The molecule has 0 atom stereocenters. The van der Waals surface area contributed by atoms with Gasteiger partial charge >= 0.3 is 0 Å². The topological polar surface area (TPSA) is 29.1 Å². The molecule has 1 aromatic rings. The number of nitrogens with one attached hydrogen (secondary N) is 1. The number of carbonyl (C=O) groups excluding carboxylic acids is 1. The highest BCUT2D eigenvalue weighted by Crippen LogP contribution is 2.10. The lowest BCUT2D eigenvalue weighted by molar-refractivity contribution is -0.119. The summed E-state index contributed by atoms with van der Waals surface area (Å²) in [5, 5.41) is 2.96. The SMILES string of the molecule is C[C](Cc1ccccc1)C(=O)NCCC(C)C. The number of benzene rings is 1. The van der Waals surface area contributed by atoms with Crippen molar-refractivity contribution < 1.29 is 4.79 Å². The van der Waals surface area contributed by atoms with E-state index in [-0.39, 0.29) is 5.91 Å². The molecule has 0 heterocycles. The van der Waals surface area contributed by atoms with E-state index < -0.39 is 0 Å². The van der Waals surface area contributed by atoms with Gasteiger partial charge in [-0.15, -0.1) is 0 Å². The Balaban J connectivity index is 2.32. The smallest absolute Gasteiger partial charge is 0.227 e. The molecule has 2 nitrogen and oxygen atoms in total. The molecule has 0 aliphatic heterocycles. The van der Waals surface area contributed by atoms with Gasteiger partial charge in [-0.1, -0.05) is 44.2 Å². The van der Waals surface area contributed by atoms with Gasteiger partial charge in [-0.25, -0.2) is 0 Å². The molecule has 0 unspecified atom stereocenters. The Kier molecular flexibility index (Phi) is 5.75. The van der Waals surface area contributed by atoms with E-state index in [4.69, 9.17) is 0 Å². The van der Waals surface area contributed by atoms with Crippen LogP contribution in [0.3, 0.4) is 0 Å². The van der Waals surface area contributed by atoms with Crippen LogP contribution in [0.25, 0.3) is 0 Å². The fourth-order valence-corrected chi connectivity index (χ4v) is 1.61. The van der Waals surface area contributed by atoms with Gasteiger partial charge in [-0.2, -0.15) is 0 Å². The zero-order chi connectivity index (χ0) is 12.7. The Morgan fingerprint density at radius 2 is 1.88 bits per heavy atom. The quantitative estimate of drug-likeness (QED) is 0.802. The molecule has 1 amide bonds. The molecule has 2 heteroatoms. The first-order chi connectivity index (χ1) is 8.09. The fraction of sp³-hybridized carbons (Fsp3) is 0.467. The molecule has 1 rings (SSSR count). The third-order valence-corrected chi connectivity index (χ3v) is 2.71. The minimum absolute atomic E-state index is 0.0782. The predicted molar refractivity (Wildman–Crippen MR) is 71.5 cm³/mol. The molecule has 0 aliphatic carbocycles.